The van der Waals surface area contributed by atoms with E-state index in [-0.39, 0.29) is 32.5 Å². The van der Waals surface area contributed by atoms with Gasteiger partial charge in [0.1, 0.15) is 36.4 Å². The number of carbonyl (C=O) groups is 5. The highest BCUT2D eigenvalue weighted by Crippen LogP contribution is 2.43. The van der Waals surface area contributed by atoms with Crippen LogP contribution < -0.4 is 27.4 Å². The van der Waals surface area contributed by atoms with E-state index in [2.05, 4.69) is 22.9 Å². The first-order valence-electron chi connectivity index (χ1n) is 21.9. The van der Waals surface area contributed by atoms with Crippen molar-refractivity contribution in [1.29, 1.82) is 0 Å². The molecule has 0 aromatic heterocycles. The van der Waals surface area contributed by atoms with Crippen molar-refractivity contribution < 1.29 is 67.3 Å². The first kappa shape index (κ1) is 56.2. The lowest BCUT2D eigenvalue weighted by Crippen LogP contribution is -2.65. The number of phosphoric acid groups is 1. The van der Waals surface area contributed by atoms with Gasteiger partial charge in [-0.15, -0.1) is 0 Å². The van der Waals surface area contributed by atoms with Gasteiger partial charge in [0, 0.05) is 26.4 Å². The van der Waals surface area contributed by atoms with Crippen molar-refractivity contribution in [2.75, 3.05) is 32.9 Å². The average Bonchev–Trinajstić information content (AvgIpc) is 3.20. The van der Waals surface area contributed by atoms with E-state index in [1.807, 2.05) is 0 Å². The standard InChI is InChI=1S/C40H77N6O14P/c1-6-7-8-9-10-11-12-13-14-15-16-17-18-19-23-57-61(55,56)58-24-22-43-39(53)29(4)46(33(49)21-20-31(37(42)51)45-38(52)28(3)41)25-27(2)59-36-34(44-30(5)48)40(54)60-32(26-47)35(36)50/h27-29,31-32,34-36,40,47,50,54H,6-26,41H2,1-5H3,(H2,42,51)(H,43,53)(H,44,48)(H,45,52)(H,55,56)/t27?,28-,29-,31+,32+,34+,35+,36+,40-/m0/s1. The zero-order chi connectivity index (χ0) is 46.0. The molecule has 1 aliphatic heterocycles. The highest BCUT2D eigenvalue weighted by Gasteiger charge is 2.46. The van der Waals surface area contributed by atoms with Gasteiger partial charge in [0.25, 0.3) is 0 Å². The third-order valence-electron chi connectivity index (χ3n) is 10.4. The van der Waals surface area contributed by atoms with E-state index < -0.39 is 105 Å². The molecule has 356 valence electrons. The Morgan fingerprint density at radius 3 is 1.90 bits per heavy atom. The van der Waals surface area contributed by atoms with Crippen molar-refractivity contribution in [3.8, 4) is 0 Å². The molecule has 0 saturated carbocycles. The molecule has 0 spiro atoms. The second kappa shape index (κ2) is 31.1. The van der Waals surface area contributed by atoms with E-state index in [0.29, 0.717) is 6.42 Å². The maximum Gasteiger partial charge on any atom is 0.472 e. The zero-order valence-electron chi connectivity index (χ0n) is 37.0. The molecule has 10 atom stereocenters. The minimum atomic E-state index is -4.40. The molecule has 0 aliphatic carbocycles. The van der Waals surface area contributed by atoms with Gasteiger partial charge in [0.05, 0.1) is 32.0 Å². The van der Waals surface area contributed by atoms with Gasteiger partial charge in [-0.2, -0.15) is 0 Å². The molecule has 0 aromatic carbocycles. The smallest absolute Gasteiger partial charge is 0.394 e. The van der Waals surface area contributed by atoms with Crippen LogP contribution >= 0.6 is 7.82 Å². The molecule has 0 bridgehead atoms. The summed E-state index contributed by atoms with van der Waals surface area (Å²) in [5.74, 6) is -3.55. The van der Waals surface area contributed by atoms with Crippen LogP contribution in [0.3, 0.4) is 0 Å². The van der Waals surface area contributed by atoms with E-state index in [1.54, 1.807) is 0 Å². The third kappa shape index (κ3) is 23.5. The third-order valence-corrected chi connectivity index (χ3v) is 11.4. The lowest BCUT2D eigenvalue weighted by molar-refractivity contribution is -0.268. The zero-order valence-corrected chi connectivity index (χ0v) is 37.9. The number of nitrogens with two attached hydrogens (primary N) is 2. The molecule has 1 aliphatic rings. The maximum absolute atomic E-state index is 13.7. The minimum absolute atomic E-state index is 0.0359. The Morgan fingerprint density at radius 2 is 1.39 bits per heavy atom. The summed E-state index contributed by atoms with van der Waals surface area (Å²) in [6.45, 7) is 6.10. The summed E-state index contributed by atoms with van der Waals surface area (Å²) >= 11 is 0. The monoisotopic (exact) mass is 897 g/mol. The SMILES string of the molecule is CCCCCCCCCCCCCCCCOP(=O)(O)OCCNC(=O)[C@H](C)N(CC(C)O[C@H]1[C@H](O)[C@@H](CO)O[C@H](O)[C@@H]1NC(C)=O)C(=O)CC[C@@H](NC(=O)[C@H](C)N)C(N)=O. The molecule has 1 heterocycles. The second-order valence-corrected chi connectivity index (χ2v) is 17.4. The molecule has 5 amide bonds. The van der Waals surface area contributed by atoms with Crippen molar-refractivity contribution >= 4 is 37.4 Å². The van der Waals surface area contributed by atoms with Crippen LogP contribution in [0.5, 0.6) is 0 Å². The Bertz CT molecular complexity index is 1350. The van der Waals surface area contributed by atoms with Crippen LogP contribution in [-0.2, 0) is 47.1 Å². The summed E-state index contributed by atoms with van der Waals surface area (Å²) < 4.78 is 33.8. The van der Waals surface area contributed by atoms with Gasteiger partial charge in [-0.1, -0.05) is 90.4 Å². The fraction of sp³-hybridized carbons (Fsp3) is 0.875. The molecular weight excluding hydrogens is 819 g/mol. The number of aliphatic hydroxyl groups is 3. The quantitative estimate of drug-likeness (QED) is 0.0326. The molecule has 0 radical (unpaired) electrons. The molecule has 2 unspecified atom stereocenters. The minimum Gasteiger partial charge on any atom is -0.394 e. The molecule has 1 saturated heterocycles. The molecular formula is C40H77N6O14P. The summed E-state index contributed by atoms with van der Waals surface area (Å²) in [6, 6.07) is -4.73. The topological polar surface area (TPSA) is 312 Å². The summed E-state index contributed by atoms with van der Waals surface area (Å²) in [5.41, 5.74) is 11.0. The maximum atomic E-state index is 13.7. The first-order chi connectivity index (χ1) is 28.8. The van der Waals surface area contributed by atoms with Crippen molar-refractivity contribution in [1.82, 2.24) is 20.9 Å². The van der Waals surface area contributed by atoms with E-state index in [0.717, 1.165) is 24.2 Å². The summed E-state index contributed by atoms with van der Waals surface area (Å²) in [4.78, 5) is 74.5. The molecule has 0 aromatic rings. The van der Waals surface area contributed by atoms with Crippen LogP contribution in [0.25, 0.3) is 0 Å². The van der Waals surface area contributed by atoms with E-state index in [9.17, 15) is 48.8 Å². The van der Waals surface area contributed by atoms with Gasteiger partial charge >= 0.3 is 7.82 Å². The van der Waals surface area contributed by atoms with Gasteiger partial charge in [0.2, 0.25) is 29.5 Å². The summed E-state index contributed by atoms with van der Waals surface area (Å²) in [6.07, 6.45) is 8.92. The van der Waals surface area contributed by atoms with Gasteiger partial charge in [-0.3, -0.25) is 33.0 Å². The number of unbranched alkanes of at least 4 members (excludes halogenated alkanes) is 13. The van der Waals surface area contributed by atoms with Crippen molar-refractivity contribution in [3.63, 3.8) is 0 Å². The molecule has 20 nitrogen and oxygen atoms in total. The highest BCUT2D eigenvalue weighted by atomic mass is 31.2. The largest absolute Gasteiger partial charge is 0.472 e. The number of hydrogen-bond acceptors (Lipinski definition) is 14. The predicted molar refractivity (Wildman–Crippen MR) is 226 cm³/mol. The first-order valence-corrected chi connectivity index (χ1v) is 23.4. The number of phosphoric ester groups is 1. The number of nitrogens with zero attached hydrogens (tertiary/aromatic N) is 1. The fourth-order valence-electron chi connectivity index (χ4n) is 6.84. The van der Waals surface area contributed by atoms with Crippen molar-refractivity contribution in [3.05, 3.63) is 0 Å². The molecule has 11 N–H and O–H groups in total. The van der Waals surface area contributed by atoms with Gasteiger partial charge < -0.3 is 62.0 Å². The molecule has 1 fully saturated rings. The van der Waals surface area contributed by atoms with E-state index in [4.69, 9.17) is 30.0 Å². The Labute approximate surface area is 361 Å². The lowest BCUT2D eigenvalue weighted by Gasteiger charge is -2.44. The molecule has 1 rings (SSSR count). The summed E-state index contributed by atoms with van der Waals surface area (Å²) in [5, 5.41) is 38.5. The summed E-state index contributed by atoms with van der Waals surface area (Å²) in [7, 11) is -4.40. The van der Waals surface area contributed by atoms with Gasteiger partial charge in [-0.25, -0.2) is 4.57 Å². The fourth-order valence-corrected chi connectivity index (χ4v) is 7.59. The number of nitrogens with one attached hydrogen (secondary N) is 3. The van der Waals surface area contributed by atoms with Gasteiger partial charge in [0.15, 0.2) is 6.29 Å². The molecule has 21 heteroatoms. The second-order valence-electron chi connectivity index (χ2n) is 15.9. The van der Waals surface area contributed by atoms with Crippen LogP contribution in [-0.4, -0.2) is 142 Å². The highest BCUT2D eigenvalue weighted by molar-refractivity contribution is 7.47. The number of rotatable bonds is 34. The van der Waals surface area contributed by atoms with Crippen LogP contribution in [0.2, 0.25) is 0 Å². The number of ether oxygens (including phenoxy) is 2. The van der Waals surface area contributed by atoms with E-state index in [1.165, 1.54) is 91.9 Å². The Balaban J connectivity index is 2.77. The predicted octanol–water partition coefficient (Wildman–Crippen LogP) is 1.38. The lowest BCUT2D eigenvalue weighted by atomic mass is 9.96. The Kier molecular flexibility index (Phi) is 28.7. The number of amides is 5. The average molecular weight is 897 g/mol. The van der Waals surface area contributed by atoms with Crippen molar-refractivity contribution in [2.24, 2.45) is 11.5 Å². The van der Waals surface area contributed by atoms with Crippen LogP contribution in [0.15, 0.2) is 0 Å². The number of hydrogen-bond donors (Lipinski definition) is 9. The van der Waals surface area contributed by atoms with Crippen LogP contribution in [0.1, 0.15) is 137 Å². The Hall–Kier alpha value is -2.78. The van der Waals surface area contributed by atoms with Gasteiger partial charge in [-0.05, 0) is 33.6 Å². The van der Waals surface area contributed by atoms with E-state index >= 15 is 0 Å². The number of primary amides is 1. The van der Waals surface area contributed by atoms with Crippen molar-refractivity contribution in [2.45, 2.75) is 192 Å². The van der Waals surface area contributed by atoms with Crippen LogP contribution in [0.4, 0.5) is 0 Å². The number of carbonyl (C=O) groups excluding carboxylic acids is 5. The Morgan fingerprint density at radius 1 is 0.852 bits per heavy atom. The number of aliphatic hydroxyl groups excluding tert-OH is 3. The van der Waals surface area contributed by atoms with Crippen LogP contribution in [0, 0.1) is 0 Å². The molecule has 61 heavy (non-hydrogen) atoms. The normalized spacial score (nSPS) is 22.0.